The number of hydrogen-bond acceptors (Lipinski definition) is 3. The van der Waals surface area contributed by atoms with E-state index in [0.717, 1.165) is 38.9 Å². The first-order valence-electron chi connectivity index (χ1n) is 7.16. The molecular formula is C14H25N3OS. The van der Waals surface area contributed by atoms with Crippen molar-refractivity contribution < 1.29 is 4.79 Å². The van der Waals surface area contributed by atoms with E-state index in [4.69, 9.17) is 18.0 Å². The number of rotatable bonds is 2. The number of nitrogens with zero attached hydrogens (tertiary/aromatic N) is 2. The minimum absolute atomic E-state index is 0.168. The van der Waals surface area contributed by atoms with Crippen LogP contribution in [0.2, 0.25) is 0 Å². The molecule has 1 saturated heterocycles. The van der Waals surface area contributed by atoms with Crippen LogP contribution in [0, 0.1) is 11.3 Å². The maximum absolute atomic E-state index is 12.9. The highest BCUT2D eigenvalue weighted by molar-refractivity contribution is 7.80. The summed E-state index contributed by atoms with van der Waals surface area (Å²) in [6, 6.07) is 0.238. The number of thiocarbonyl (C=S) groups is 1. The van der Waals surface area contributed by atoms with Gasteiger partial charge >= 0.3 is 0 Å². The van der Waals surface area contributed by atoms with Crippen molar-refractivity contribution in [3.8, 4) is 0 Å². The Morgan fingerprint density at radius 3 is 2.47 bits per heavy atom. The maximum atomic E-state index is 12.9. The largest absolute Gasteiger partial charge is 0.392 e. The third kappa shape index (κ3) is 2.63. The molecule has 2 rings (SSSR count). The van der Waals surface area contributed by atoms with Gasteiger partial charge in [0.1, 0.15) is 0 Å². The number of likely N-dealkylation sites (N-methyl/N-ethyl adjacent to an activating group) is 1. The molecule has 0 spiro atoms. The van der Waals surface area contributed by atoms with Gasteiger partial charge in [-0.3, -0.25) is 4.79 Å². The van der Waals surface area contributed by atoms with Gasteiger partial charge in [0.05, 0.1) is 10.4 Å². The molecule has 1 aliphatic heterocycles. The van der Waals surface area contributed by atoms with E-state index in [1.165, 1.54) is 0 Å². The summed E-state index contributed by atoms with van der Waals surface area (Å²) in [4.78, 5) is 17.6. The van der Waals surface area contributed by atoms with E-state index < -0.39 is 5.41 Å². The third-order valence-corrected chi connectivity index (χ3v) is 4.97. The molecular weight excluding hydrogens is 258 g/mol. The molecule has 2 aliphatic rings. The van der Waals surface area contributed by atoms with E-state index in [1.54, 1.807) is 0 Å². The fourth-order valence-corrected chi connectivity index (χ4v) is 3.81. The number of carbonyl (C=O) groups is 1. The normalized spacial score (nSPS) is 36.5. The van der Waals surface area contributed by atoms with Gasteiger partial charge in [0.15, 0.2) is 0 Å². The van der Waals surface area contributed by atoms with E-state index in [1.807, 2.05) is 4.90 Å². The molecule has 0 aromatic heterocycles. The third-order valence-electron chi connectivity index (χ3n) is 4.58. The summed E-state index contributed by atoms with van der Waals surface area (Å²) in [6.07, 6.45) is 2.66. The summed E-state index contributed by atoms with van der Waals surface area (Å²) in [5.41, 5.74) is 5.34. The second-order valence-electron chi connectivity index (χ2n) is 6.42. The van der Waals surface area contributed by atoms with Crippen molar-refractivity contribution >= 4 is 23.1 Å². The van der Waals surface area contributed by atoms with Crippen LogP contribution in [0.1, 0.15) is 33.1 Å². The van der Waals surface area contributed by atoms with Gasteiger partial charge in [-0.2, -0.15) is 0 Å². The molecule has 1 heterocycles. The lowest BCUT2D eigenvalue weighted by Crippen LogP contribution is -2.59. The fraction of sp³-hybridized carbons (Fsp3) is 0.857. The Kier molecular flexibility index (Phi) is 4.16. The molecule has 1 amide bonds. The summed E-state index contributed by atoms with van der Waals surface area (Å²) in [6.45, 7) is 7.07. The fourth-order valence-electron chi connectivity index (χ4n) is 3.56. The van der Waals surface area contributed by atoms with Gasteiger partial charge in [0.2, 0.25) is 5.91 Å². The van der Waals surface area contributed by atoms with E-state index in [9.17, 15) is 4.79 Å². The highest BCUT2D eigenvalue weighted by atomic mass is 32.1. The Morgan fingerprint density at radius 1 is 1.32 bits per heavy atom. The number of hydrogen-bond donors (Lipinski definition) is 1. The summed E-state index contributed by atoms with van der Waals surface area (Å²) < 4.78 is 0. The lowest BCUT2D eigenvalue weighted by molar-refractivity contribution is -0.146. The highest BCUT2D eigenvalue weighted by Crippen LogP contribution is 2.47. The number of nitrogens with two attached hydrogens (primary N) is 1. The van der Waals surface area contributed by atoms with E-state index >= 15 is 0 Å². The van der Waals surface area contributed by atoms with Crippen LogP contribution in [0.25, 0.3) is 0 Å². The van der Waals surface area contributed by atoms with Gasteiger partial charge < -0.3 is 15.5 Å². The Morgan fingerprint density at radius 2 is 1.95 bits per heavy atom. The standard InChI is InChI=1S/C14H25N3OS/c1-10-7-14(8-10,12(15)19)13(18)17-6-4-5-16(3)9-11(17)2/h10-11H,4-9H2,1-3H3,(H2,15,19). The quantitative estimate of drug-likeness (QED) is 0.775. The molecule has 0 aromatic carbocycles. The van der Waals surface area contributed by atoms with E-state index in [2.05, 4.69) is 25.8 Å². The van der Waals surface area contributed by atoms with Crippen LogP contribution < -0.4 is 5.73 Å². The van der Waals surface area contributed by atoms with Gasteiger partial charge in [0, 0.05) is 19.1 Å². The summed E-state index contributed by atoms with van der Waals surface area (Å²) in [5.74, 6) is 0.719. The Balaban J connectivity index is 2.15. The van der Waals surface area contributed by atoms with Crippen LogP contribution >= 0.6 is 12.2 Å². The predicted octanol–water partition coefficient (Wildman–Crippen LogP) is 1.24. The summed E-state index contributed by atoms with van der Waals surface area (Å²) in [7, 11) is 2.11. The zero-order valence-electron chi connectivity index (χ0n) is 12.2. The van der Waals surface area contributed by atoms with Crippen LogP contribution in [-0.4, -0.2) is 53.4 Å². The first-order chi connectivity index (χ1) is 8.86. The molecule has 5 heteroatoms. The molecule has 1 atom stereocenters. The van der Waals surface area contributed by atoms with Gasteiger partial charge in [0.25, 0.3) is 0 Å². The van der Waals surface area contributed by atoms with Crippen LogP contribution in [0.5, 0.6) is 0 Å². The molecule has 1 saturated carbocycles. The lowest BCUT2D eigenvalue weighted by atomic mass is 9.61. The molecule has 1 unspecified atom stereocenters. The van der Waals surface area contributed by atoms with Crippen molar-refractivity contribution in [1.82, 2.24) is 9.80 Å². The predicted molar refractivity (Wildman–Crippen MR) is 80.9 cm³/mol. The second-order valence-corrected chi connectivity index (χ2v) is 6.86. The lowest BCUT2D eigenvalue weighted by Gasteiger charge is -2.47. The molecule has 108 valence electrons. The van der Waals surface area contributed by atoms with E-state index in [0.29, 0.717) is 10.9 Å². The minimum atomic E-state index is -0.550. The van der Waals surface area contributed by atoms with Crippen molar-refractivity contribution in [1.29, 1.82) is 0 Å². The molecule has 2 fully saturated rings. The van der Waals surface area contributed by atoms with Gasteiger partial charge in [-0.05, 0) is 45.7 Å². The Labute approximate surface area is 121 Å². The van der Waals surface area contributed by atoms with Gasteiger partial charge in [-0.25, -0.2) is 0 Å². The van der Waals surface area contributed by atoms with Gasteiger partial charge in [-0.15, -0.1) is 0 Å². The van der Waals surface area contributed by atoms with Crippen LogP contribution in [0.4, 0.5) is 0 Å². The monoisotopic (exact) mass is 283 g/mol. The SMILES string of the molecule is CC1CC(C(=O)N2CCCN(C)CC2C)(C(N)=S)C1. The number of carbonyl (C=O) groups excluding carboxylic acids is 1. The topological polar surface area (TPSA) is 49.6 Å². The average Bonchev–Trinajstić information content (AvgIpc) is 2.44. The zero-order valence-corrected chi connectivity index (χ0v) is 13.0. The maximum Gasteiger partial charge on any atom is 0.235 e. The van der Waals surface area contributed by atoms with Crippen molar-refractivity contribution in [2.75, 3.05) is 26.7 Å². The first-order valence-corrected chi connectivity index (χ1v) is 7.57. The zero-order chi connectivity index (χ0) is 14.2. The smallest absolute Gasteiger partial charge is 0.235 e. The molecule has 1 aliphatic carbocycles. The second kappa shape index (κ2) is 5.37. The van der Waals surface area contributed by atoms with Crippen molar-refractivity contribution in [3.63, 3.8) is 0 Å². The van der Waals surface area contributed by atoms with E-state index in [-0.39, 0.29) is 11.9 Å². The Hall–Kier alpha value is -0.680. The average molecular weight is 283 g/mol. The van der Waals surface area contributed by atoms with Crippen LogP contribution in [0.15, 0.2) is 0 Å². The summed E-state index contributed by atoms with van der Waals surface area (Å²) in [5, 5.41) is 0. The number of amides is 1. The molecule has 19 heavy (non-hydrogen) atoms. The Bertz CT molecular complexity index is 379. The highest BCUT2D eigenvalue weighted by Gasteiger charge is 2.53. The van der Waals surface area contributed by atoms with Gasteiger partial charge in [-0.1, -0.05) is 19.1 Å². The molecule has 0 radical (unpaired) electrons. The van der Waals surface area contributed by atoms with Crippen LogP contribution in [-0.2, 0) is 4.79 Å². The van der Waals surface area contributed by atoms with Crippen molar-refractivity contribution in [2.24, 2.45) is 17.1 Å². The van der Waals surface area contributed by atoms with Crippen LogP contribution in [0.3, 0.4) is 0 Å². The molecule has 0 bridgehead atoms. The molecule has 0 aromatic rings. The van der Waals surface area contributed by atoms with Crippen molar-refractivity contribution in [3.05, 3.63) is 0 Å². The molecule has 2 N–H and O–H groups in total. The molecule has 4 nitrogen and oxygen atoms in total. The summed E-state index contributed by atoms with van der Waals surface area (Å²) >= 11 is 5.19. The first kappa shape index (κ1) is 14.7. The van der Waals surface area contributed by atoms with Crippen molar-refractivity contribution in [2.45, 2.75) is 39.2 Å². The minimum Gasteiger partial charge on any atom is -0.392 e.